The summed E-state index contributed by atoms with van der Waals surface area (Å²) >= 11 is 0. The van der Waals surface area contributed by atoms with Crippen molar-refractivity contribution in [3.63, 3.8) is 0 Å². The van der Waals surface area contributed by atoms with Crippen molar-refractivity contribution in [2.75, 3.05) is 5.32 Å². The van der Waals surface area contributed by atoms with Crippen LogP contribution in [-0.2, 0) is 11.2 Å². The summed E-state index contributed by atoms with van der Waals surface area (Å²) < 4.78 is 26.1. The fraction of sp³-hybridized carbons (Fsp3) is 0.0714. The maximum absolute atomic E-state index is 13.4. The summed E-state index contributed by atoms with van der Waals surface area (Å²) in [6.07, 6.45) is -0.284. The predicted octanol–water partition coefficient (Wildman–Crippen LogP) is 3.05. The number of carbonyl (C=O) groups is 1. The normalized spacial score (nSPS) is 10.2. The smallest absolute Gasteiger partial charge is 0.273 e. The van der Waals surface area contributed by atoms with Crippen LogP contribution in [0.3, 0.4) is 0 Å². The molecule has 2 rings (SSSR count). The summed E-state index contributed by atoms with van der Waals surface area (Å²) in [4.78, 5) is 22.0. The van der Waals surface area contributed by atoms with Gasteiger partial charge in [0.05, 0.1) is 17.0 Å². The molecule has 5 nitrogen and oxygen atoms in total. The van der Waals surface area contributed by atoms with Crippen LogP contribution in [0.25, 0.3) is 0 Å². The van der Waals surface area contributed by atoms with Crippen molar-refractivity contribution in [3.05, 3.63) is 69.8 Å². The van der Waals surface area contributed by atoms with Crippen LogP contribution in [0.4, 0.5) is 20.2 Å². The van der Waals surface area contributed by atoms with Gasteiger partial charge in [-0.25, -0.2) is 8.78 Å². The van der Waals surface area contributed by atoms with Crippen molar-refractivity contribution in [3.8, 4) is 0 Å². The maximum atomic E-state index is 13.4. The van der Waals surface area contributed by atoms with Crippen molar-refractivity contribution in [1.29, 1.82) is 0 Å². The lowest BCUT2D eigenvalue weighted by Crippen LogP contribution is -2.16. The number of nitro groups is 1. The van der Waals surface area contributed by atoms with Crippen molar-refractivity contribution >= 4 is 17.3 Å². The Morgan fingerprint density at radius 1 is 1.19 bits per heavy atom. The van der Waals surface area contributed by atoms with Crippen molar-refractivity contribution in [1.82, 2.24) is 0 Å². The molecule has 0 bridgehead atoms. The molecule has 1 amide bonds. The number of amides is 1. The minimum atomic E-state index is -0.911. The molecule has 0 aliphatic carbocycles. The molecular formula is C14H10F2N2O3. The SMILES string of the molecule is O=C(Cc1ccccc1[N+](=O)[O-])Nc1ccc(F)cc1F. The third-order valence-electron chi connectivity index (χ3n) is 2.74. The third-order valence-corrected chi connectivity index (χ3v) is 2.74. The Balaban J connectivity index is 2.14. The largest absolute Gasteiger partial charge is 0.323 e. The number of hydrogen-bond acceptors (Lipinski definition) is 3. The number of nitrogens with zero attached hydrogens (tertiary/aromatic N) is 1. The Morgan fingerprint density at radius 3 is 2.57 bits per heavy atom. The molecule has 0 radical (unpaired) electrons. The van der Waals surface area contributed by atoms with Crippen molar-refractivity contribution in [2.45, 2.75) is 6.42 Å². The molecule has 108 valence electrons. The molecular weight excluding hydrogens is 282 g/mol. The summed E-state index contributed by atoms with van der Waals surface area (Å²) in [5.74, 6) is -2.30. The molecule has 2 aromatic rings. The highest BCUT2D eigenvalue weighted by Gasteiger charge is 2.16. The Bertz CT molecular complexity index is 704. The second-order valence-corrected chi connectivity index (χ2v) is 4.23. The van der Waals surface area contributed by atoms with Crippen LogP contribution in [0, 0.1) is 21.7 Å². The molecule has 0 fully saturated rings. The minimum absolute atomic E-state index is 0.181. The van der Waals surface area contributed by atoms with E-state index in [0.29, 0.717) is 6.07 Å². The van der Waals surface area contributed by atoms with E-state index >= 15 is 0 Å². The number of rotatable bonds is 4. The molecule has 2 aromatic carbocycles. The van der Waals surface area contributed by atoms with E-state index in [2.05, 4.69) is 5.32 Å². The number of anilines is 1. The van der Waals surface area contributed by atoms with Crippen LogP contribution in [0.5, 0.6) is 0 Å². The van der Waals surface area contributed by atoms with E-state index < -0.39 is 22.5 Å². The van der Waals surface area contributed by atoms with Gasteiger partial charge in [0.25, 0.3) is 5.69 Å². The number of benzene rings is 2. The lowest BCUT2D eigenvalue weighted by atomic mass is 10.1. The Hall–Kier alpha value is -2.83. The Kier molecular flexibility index (Phi) is 4.22. The third kappa shape index (κ3) is 3.59. The lowest BCUT2D eigenvalue weighted by molar-refractivity contribution is -0.385. The van der Waals surface area contributed by atoms with Gasteiger partial charge in [0.1, 0.15) is 11.6 Å². The van der Waals surface area contributed by atoms with Gasteiger partial charge in [-0.05, 0) is 12.1 Å². The molecule has 0 spiro atoms. The summed E-state index contributed by atoms with van der Waals surface area (Å²) in [6.45, 7) is 0. The molecule has 0 aliphatic rings. The van der Waals surface area contributed by atoms with Crippen LogP contribution in [-0.4, -0.2) is 10.8 Å². The summed E-state index contributed by atoms with van der Waals surface area (Å²) in [7, 11) is 0. The Labute approximate surface area is 118 Å². The number of hydrogen-bond donors (Lipinski definition) is 1. The average molecular weight is 292 g/mol. The number of nitrogens with one attached hydrogen (secondary N) is 1. The van der Waals surface area contributed by atoms with E-state index in [1.807, 2.05) is 0 Å². The zero-order valence-corrected chi connectivity index (χ0v) is 10.7. The van der Waals surface area contributed by atoms with Gasteiger partial charge < -0.3 is 5.32 Å². The van der Waals surface area contributed by atoms with E-state index in [1.54, 1.807) is 6.07 Å². The van der Waals surface area contributed by atoms with Crippen molar-refractivity contribution in [2.24, 2.45) is 0 Å². The molecule has 0 aromatic heterocycles. The van der Waals surface area contributed by atoms with Gasteiger partial charge in [-0.1, -0.05) is 18.2 Å². The second-order valence-electron chi connectivity index (χ2n) is 4.23. The van der Waals surface area contributed by atoms with E-state index in [9.17, 15) is 23.7 Å². The first-order valence-corrected chi connectivity index (χ1v) is 5.94. The average Bonchev–Trinajstić information content (AvgIpc) is 2.42. The van der Waals surface area contributed by atoms with Crippen molar-refractivity contribution < 1.29 is 18.5 Å². The van der Waals surface area contributed by atoms with Crippen LogP contribution in [0.2, 0.25) is 0 Å². The number of carbonyl (C=O) groups excluding carboxylic acids is 1. The highest BCUT2D eigenvalue weighted by molar-refractivity contribution is 5.92. The molecule has 0 aliphatic heterocycles. The molecule has 21 heavy (non-hydrogen) atoms. The second kappa shape index (κ2) is 6.08. The van der Waals surface area contributed by atoms with Gasteiger partial charge in [-0.3, -0.25) is 14.9 Å². The minimum Gasteiger partial charge on any atom is -0.323 e. The molecule has 0 heterocycles. The highest BCUT2D eigenvalue weighted by atomic mass is 19.1. The first kappa shape index (κ1) is 14.6. The summed E-state index contributed by atoms with van der Waals surface area (Å²) in [5.41, 5.74) is -0.158. The standard InChI is InChI=1S/C14H10F2N2O3/c15-10-5-6-12(11(16)8-10)17-14(19)7-9-3-1-2-4-13(9)18(20)21/h1-6,8H,7H2,(H,17,19). The first-order valence-electron chi connectivity index (χ1n) is 5.94. The lowest BCUT2D eigenvalue weighted by Gasteiger charge is -2.07. The zero-order chi connectivity index (χ0) is 15.4. The Morgan fingerprint density at radius 2 is 1.90 bits per heavy atom. The monoisotopic (exact) mass is 292 g/mol. The van der Waals surface area contributed by atoms with E-state index in [4.69, 9.17) is 0 Å². The molecule has 1 N–H and O–H groups in total. The molecule has 0 atom stereocenters. The molecule has 7 heteroatoms. The van der Waals surface area contributed by atoms with E-state index in [0.717, 1.165) is 12.1 Å². The molecule has 0 saturated carbocycles. The maximum Gasteiger partial charge on any atom is 0.273 e. The number of nitro benzene ring substituents is 1. The van der Waals surface area contributed by atoms with Gasteiger partial charge in [0.15, 0.2) is 0 Å². The van der Waals surface area contributed by atoms with Crippen LogP contribution in [0.1, 0.15) is 5.56 Å². The van der Waals surface area contributed by atoms with Gasteiger partial charge in [0, 0.05) is 17.7 Å². The van der Waals surface area contributed by atoms with Gasteiger partial charge in [0.2, 0.25) is 5.91 Å². The van der Waals surface area contributed by atoms with Crippen LogP contribution < -0.4 is 5.32 Å². The van der Waals surface area contributed by atoms with E-state index in [1.165, 1.54) is 18.2 Å². The fourth-order valence-corrected chi connectivity index (χ4v) is 1.80. The fourth-order valence-electron chi connectivity index (χ4n) is 1.80. The van der Waals surface area contributed by atoms with Crippen LogP contribution in [0.15, 0.2) is 42.5 Å². The molecule has 0 saturated heterocycles. The van der Waals surface area contributed by atoms with Gasteiger partial charge in [-0.2, -0.15) is 0 Å². The van der Waals surface area contributed by atoms with Crippen LogP contribution >= 0.6 is 0 Å². The quantitative estimate of drug-likeness (QED) is 0.695. The zero-order valence-electron chi connectivity index (χ0n) is 10.7. The predicted molar refractivity (Wildman–Crippen MR) is 71.8 cm³/mol. The highest BCUT2D eigenvalue weighted by Crippen LogP contribution is 2.20. The summed E-state index contributed by atoms with van der Waals surface area (Å²) in [5, 5.41) is 13.1. The van der Waals surface area contributed by atoms with E-state index in [-0.39, 0.29) is 23.4 Å². The van der Waals surface area contributed by atoms with Gasteiger partial charge in [-0.15, -0.1) is 0 Å². The number of halogens is 2. The topological polar surface area (TPSA) is 72.2 Å². The summed E-state index contributed by atoms with van der Waals surface area (Å²) in [6, 6.07) is 8.50. The van der Waals surface area contributed by atoms with Gasteiger partial charge >= 0.3 is 0 Å². The molecule has 0 unspecified atom stereocenters. The first-order chi connectivity index (χ1) is 9.97. The number of para-hydroxylation sites is 1.